The molecule has 0 spiro atoms. The van der Waals surface area contributed by atoms with Crippen molar-refractivity contribution in [2.45, 2.75) is 11.9 Å². The van der Waals surface area contributed by atoms with E-state index >= 15 is 0 Å². The van der Waals surface area contributed by atoms with E-state index in [0.29, 0.717) is 17.3 Å². The number of rotatable bonds is 2. The van der Waals surface area contributed by atoms with Gasteiger partial charge in [-0.05, 0) is 12.5 Å². The molecule has 0 amide bonds. The van der Waals surface area contributed by atoms with Crippen molar-refractivity contribution in [1.29, 1.82) is 5.26 Å². The Balaban J connectivity index is 3.20. The number of thiocyanates is 1. The van der Waals surface area contributed by atoms with E-state index in [0.717, 1.165) is 0 Å². The van der Waals surface area contributed by atoms with Crippen molar-refractivity contribution in [1.82, 2.24) is 4.98 Å². The van der Waals surface area contributed by atoms with Crippen LogP contribution in [-0.2, 0) is 0 Å². The van der Waals surface area contributed by atoms with Crippen molar-refractivity contribution >= 4 is 17.4 Å². The average molecular weight is 195 g/mol. The third-order valence-electron chi connectivity index (χ3n) is 1.31. The smallest absolute Gasteiger partial charge is 0.258 e. The van der Waals surface area contributed by atoms with Crippen molar-refractivity contribution in [2.75, 3.05) is 0 Å². The van der Waals surface area contributed by atoms with Crippen molar-refractivity contribution in [3.8, 4) is 5.40 Å². The number of hydrogen-bond acceptors (Lipinski definition) is 5. The summed E-state index contributed by atoms with van der Waals surface area (Å²) in [5, 5.41) is 20.7. The van der Waals surface area contributed by atoms with E-state index in [1.165, 1.54) is 12.3 Å². The van der Waals surface area contributed by atoms with Crippen LogP contribution in [0.2, 0.25) is 0 Å². The lowest BCUT2D eigenvalue weighted by molar-refractivity contribution is -0.388. The topological polar surface area (TPSA) is 79.8 Å². The fourth-order valence-electron chi connectivity index (χ4n) is 0.794. The van der Waals surface area contributed by atoms with Crippen molar-refractivity contribution < 1.29 is 4.92 Å². The van der Waals surface area contributed by atoms with E-state index in [1.807, 2.05) is 0 Å². The molecule has 0 N–H and O–H groups in total. The summed E-state index contributed by atoms with van der Waals surface area (Å²) in [6.45, 7) is 1.71. The third kappa shape index (κ3) is 2.16. The first-order chi connectivity index (χ1) is 6.15. The van der Waals surface area contributed by atoms with Gasteiger partial charge in [-0.15, -0.1) is 0 Å². The van der Waals surface area contributed by atoms with Gasteiger partial charge in [0.15, 0.2) is 5.03 Å². The monoisotopic (exact) mass is 195 g/mol. The summed E-state index contributed by atoms with van der Waals surface area (Å²) in [6, 6.07) is 1.40. The lowest BCUT2D eigenvalue weighted by Crippen LogP contribution is -1.93. The Morgan fingerprint density at radius 1 is 1.77 bits per heavy atom. The first-order valence-corrected chi connectivity index (χ1v) is 4.13. The molecule has 1 aromatic heterocycles. The Hall–Kier alpha value is -1.61. The molecule has 0 aliphatic carbocycles. The number of nitrogens with zero attached hydrogens (tertiary/aromatic N) is 3. The summed E-state index contributed by atoms with van der Waals surface area (Å²) in [5.74, 6) is 0. The average Bonchev–Trinajstić information content (AvgIpc) is 2.08. The molecule has 0 aromatic carbocycles. The molecule has 0 atom stereocenters. The second kappa shape index (κ2) is 3.87. The molecule has 0 bridgehead atoms. The van der Waals surface area contributed by atoms with Gasteiger partial charge in [-0.1, -0.05) is 0 Å². The van der Waals surface area contributed by atoms with Gasteiger partial charge in [0.25, 0.3) is 0 Å². The number of nitriles is 1. The summed E-state index contributed by atoms with van der Waals surface area (Å²) in [6.07, 6.45) is 1.49. The fourth-order valence-corrected chi connectivity index (χ4v) is 1.22. The maximum Gasteiger partial charge on any atom is 0.302 e. The molecule has 0 aliphatic rings. The highest BCUT2D eigenvalue weighted by Gasteiger charge is 2.15. The van der Waals surface area contributed by atoms with E-state index in [2.05, 4.69) is 4.98 Å². The quantitative estimate of drug-likeness (QED) is 0.311. The minimum absolute atomic E-state index is 0.119. The SMILES string of the molecule is Cc1cnc(SC#N)c([N+](=O)[O-])c1. The Labute approximate surface area is 78.5 Å². The second-order valence-corrected chi connectivity index (χ2v) is 3.06. The Morgan fingerprint density at radius 3 is 3.00 bits per heavy atom. The summed E-state index contributed by atoms with van der Waals surface area (Å²) < 4.78 is 0. The van der Waals surface area contributed by atoms with Crippen LogP contribution in [0, 0.1) is 27.7 Å². The van der Waals surface area contributed by atoms with Crippen LogP contribution in [0.25, 0.3) is 0 Å². The molecule has 0 aliphatic heterocycles. The van der Waals surface area contributed by atoms with E-state index in [1.54, 1.807) is 12.3 Å². The lowest BCUT2D eigenvalue weighted by atomic mass is 10.3. The highest BCUT2D eigenvalue weighted by atomic mass is 32.2. The first kappa shape index (κ1) is 9.48. The molecular formula is C7H5N3O2S. The van der Waals surface area contributed by atoms with Crippen molar-refractivity contribution in [3.63, 3.8) is 0 Å². The molecule has 0 fully saturated rings. The van der Waals surface area contributed by atoms with E-state index in [4.69, 9.17) is 5.26 Å². The molecule has 13 heavy (non-hydrogen) atoms. The second-order valence-electron chi connectivity index (χ2n) is 2.29. The molecule has 0 saturated heterocycles. The summed E-state index contributed by atoms with van der Waals surface area (Å²) >= 11 is 0.692. The third-order valence-corrected chi connectivity index (χ3v) is 1.91. The van der Waals surface area contributed by atoms with Crippen LogP contribution < -0.4 is 0 Å². The van der Waals surface area contributed by atoms with Crippen LogP contribution >= 0.6 is 11.8 Å². The maximum absolute atomic E-state index is 10.5. The van der Waals surface area contributed by atoms with Crippen molar-refractivity contribution in [2.24, 2.45) is 0 Å². The zero-order valence-electron chi connectivity index (χ0n) is 6.72. The van der Waals surface area contributed by atoms with Gasteiger partial charge in [0.05, 0.1) is 4.92 Å². The van der Waals surface area contributed by atoms with E-state index < -0.39 is 4.92 Å². The van der Waals surface area contributed by atoms with E-state index in [-0.39, 0.29) is 10.7 Å². The van der Waals surface area contributed by atoms with Crippen LogP contribution in [0.1, 0.15) is 5.56 Å². The van der Waals surface area contributed by atoms with Gasteiger partial charge in [-0.25, -0.2) is 4.98 Å². The standard InChI is InChI=1S/C7H5N3O2S/c1-5-2-6(10(11)12)7(9-3-5)13-4-8/h2-3H,1H3. The molecule has 1 aromatic rings. The molecule has 0 saturated carbocycles. The number of aromatic nitrogens is 1. The van der Waals surface area contributed by atoms with Gasteiger partial charge in [-0.3, -0.25) is 10.1 Å². The number of hydrogen-bond donors (Lipinski definition) is 0. The molecule has 0 unspecified atom stereocenters. The van der Waals surface area contributed by atoms with Gasteiger partial charge in [0.1, 0.15) is 5.40 Å². The largest absolute Gasteiger partial charge is 0.302 e. The molecule has 0 radical (unpaired) electrons. The summed E-state index contributed by atoms with van der Waals surface area (Å²) in [5.41, 5.74) is 0.584. The Kier molecular flexibility index (Phi) is 2.82. The van der Waals surface area contributed by atoms with E-state index in [9.17, 15) is 10.1 Å². The number of nitro groups is 1. The van der Waals surface area contributed by atoms with Crippen molar-refractivity contribution in [3.05, 3.63) is 27.9 Å². The number of aryl methyl sites for hydroxylation is 1. The van der Waals surface area contributed by atoms with Crippen LogP contribution in [0.3, 0.4) is 0 Å². The number of pyridine rings is 1. The first-order valence-electron chi connectivity index (χ1n) is 3.32. The molecule has 1 heterocycles. The van der Waals surface area contributed by atoms with Gasteiger partial charge in [0, 0.05) is 24.0 Å². The molecule has 6 heteroatoms. The summed E-state index contributed by atoms with van der Waals surface area (Å²) in [7, 11) is 0. The lowest BCUT2D eigenvalue weighted by Gasteiger charge is -1.96. The normalized spacial score (nSPS) is 9.23. The predicted octanol–water partition coefficient (Wildman–Crippen LogP) is 1.87. The van der Waals surface area contributed by atoms with Crippen LogP contribution in [-0.4, -0.2) is 9.91 Å². The fraction of sp³-hybridized carbons (Fsp3) is 0.143. The molecular weight excluding hydrogens is 190 g/mol. The Morgan fingerprint density at radius 2 is 2.46 bits per heavy atom. The maximum atomic E-state index is 10.5. The minimum atomic E-state index is -0.542. The Bertz CT molecular complexity index is 386. The zero-order chi connectivity index (χ0) is 9.84. The van der Waals surface area contributed by atoms with Gasteiger partial charge in [0.2, 0.25) is 0 Å². The van der Waals surface area contributed by atoms with Crippen LogP contribution in [0.5, 0.6) is 0 Å². The minimum Gasteiger partial charge on any atom is -0.258 e. The summed E-state index contributed by atoms with van der Waals surface area (Å²) in [4.78, 5) is 13.7. The van der Waals surface area contributed by atoms with Gasteiger partial charge >= 0.3 is 5.69 Å². The molecule has 66 valence electrons. The number of thioether (sulfide) groups is 1. The molecule has 1 rings (SSSR count). The zero-order valence-corrected chi connectivity index (χ0v) is 7.54. The van der Waals surface area contributed by atoms with Gasteiger partial charge < -0.3 is 0 Å². The van der Waals surface area contributed by atoms with Gasteiger partial charge in [-0.2, -0.15) is 5.26 Å². The highest BCUT2D eigenvalue weighted by molar-refractivity contribution is 8.03. The molecule has 5 nitrogen and oxygen atoms in total. The predicted molar refractivity (Wildman–Crippen MR) is 47.1 cm³/mol. The van der Waals surface area contributed by atoms with Crippen LogP contribution in [0.15, 0.2) is 17.3 Å². The highest BCUT2D eigenvalue weighted by Crippen LogP contribution is 2.26. The van der Waals surface area contributed by atoms with Crippen LogP contribution in [0.4, 0.5) is 5.69 Å².